The Bertz CT molecular complexity index is 426. The van der Waals surface area contributed by atoms with Gasteiger partial charge in [-0.3, -0.25) is 4.79 Å². The number of halogens is 1. The fourth-order valence-corrected chi connectivity index (χ4v) is 1.80. The number of carbonyl (C=O) groups is 1. The number of likely N-dealkylation sites (N-methyl/N-ethyl adjacent to an activating group) is 1. The summed E-state index contributed by atoms with van der Waals surface area (Å²) in [6.45, 7) is 5.39. The Labute approximate surface area is 118 Å². The van der Waals surface area contributed by atoms with Crippen molar-refractivity contribution in [1.29, 1.82) is 0 Å². The minimum Gasteiger partial charge on any atom is -0.395 e. The third kappa shape index (κ3) is 4.36. The minimum atomic E-state index is -0.262. The van der Waals surface area contributed by atoms with Crippen LogP contribution in [-0.4, -0.2) is 47.1 Å². The summed E-state index contributed by atoms with van der Waals surface area (Å²) >= 11 is 6.03. The SMILES string of the molecule is CCCNc1ccc(Cl)c(C(=O)N(CC)CCO)n1. The summed E-state index contributed by atoms with van der Waals surface area (Å²) in [5.41, 5.74) is 0.220. The first-order valence-electron chi connectivity index (χ1n) is 6.44. The van der Waals surface area contributed by atoms with E-state index in [0.717, 1.165) is 13.0 Å². The Balaban J connectivity index is 2.93. The second kappa shape index (κ2) is 7.96. The molecule has 106 valence electrons. The van der Waals surface area contributed by atoms with Gasteiger partial charge in [0.2, 0.25) is 0 Å². The smallest absolute Gasteiger partial charge is 0.274 e. The molecular weight excluding hydrogens is 266 g/mol. The fourth-order valence-electron chi connectivity index (χ4n) is 1.62. The molecule has 0 aliphatic carbocycles. The Morgan fingerprint density at radius 2 is 2.21 bits per heavy atom. The Morgan fingerprint density at radius 1 is 1.47 bits per heavy atom. The number of rotatable bonds is 7. The van der Waals surface area contributed by atoms with Crippen molar-refractivity contribution in [3.8, 4) is 0 Å². The van der Waals surface area contributed by atoms with Gasteiger partial charge in [0.15, 0.2) is 0 Å². The van der Waals surface area contributed by atoms with E-state index in [1.54, 1.807) is 12.1 Å². The van der Waals surface area contributed by atoms with Gasteiger partial charge in [-0.05, 0) is 25.5 Å². The van der Waals surface area contributed by atoms with Crippen molar-refractivity contribution in [3.05, 3.63) is 22.8 Å². The number of aliphatic hydroxyl groups excluding tert-OH is 1. The highest BCUT2D eigenvalue weighted by atomic mass is 35.5. The molecule has 0 aromatic carbocycles. The lowest BCUT2D eigenvalue weighted by molar-refractivity contribution is 0.0726. The average Bonchev–Trinajstić information content (AvgIpc) is 2.43. The first kappa shape index (κ1) is 15.7. The average molecular weight is 286 g/mol. The van der Waals surface area contributed by atoms with E-state index < -0.39 is 0 Å². The van der Waals surface area contributed by atoms with Gasteiger partial charge >= 0.3 is 0 Å². The van der Waals surface area contributed by atoms with E-state index in [4.69, 9.17) is 16.7 Å². The van der Waals surface area contributed by atoms with Crippen LogP contribution in [0.15, 0.2) is 12.1 Å². The number of anilines is 1. The van der Waals surface area contributed by atoms with Gasteiger partial charge in [-0.25, -0.2) is 4.98 Å². The van der Waals surface area contributed by atoms with Crippen LogP contribution in [0.5, 0.6) is 0 Å². The number of pyridine rings is 1. The van der Waals surface area contributed by atoms with Gasteiger partial charge in [0.1, 0.15) is 11.5 Å². The van der Waals surface area contributed by atoms with E-state index in [1.165, 1.54) is 4.90 Å². The van der Waals surface area contributed by atoms with Gasteiger partial charge in [-0.15, -0.1) is 0 Å². The Hall–Kier alpha value is -1.33. The van der Waals surface area contributed by atoms with Crippen LogP contribution in [0.3, 0.4) is 0 Å². The van der Waals surface area contributed by atoms with E-state index in [1.807, 2.05) is 6.92 Å². The Kier molecular flexibility index (Phi) is 6.59. The normalized spacial score (nSPS) is 10.3. The molecule has 1 heterocycles. The predicted octanol–water partition coefficient (Wildman–Crippen LogP) is 2.01. The van der Waals surface area contributed by atoms with Crippen LogP contribution < -0.4 is 5.32 Å². The molecule has 1 aromatic rings. The number of aromatic nitrogens is 1. The molecule has 1 rings (SSSR count). The summed E-state index contributed by atoms with van der Waals surface area (Å²) in [7, 11) is 0. The minimum absolute atomic E-state index is 0.0784. The highest BCUT2D eigenvalue weighted by Crippen LogP contribution is 2.18. The second-order valence-electron chi connectivity index (χ2n) is 4.06. The molecule has 1 aromatic heterocycles. The zero-order chi connectivity index (χ0) is 14.3. The van der Waals surface area contributed by atoms with Crippen LogP contribution in [0.4, 0.5) is 5.82 Å². The first-order chi connectivity index (χ1) is 9.13. The van der Waals surface area contributed by atoms with Crippen LogP contribution in [0.1, 0.15) is 30.8 Å². The molecule has 2 N–H and O–H groups in total. The number of nitrogens with one attached hydrogen (secondary N) is 1. The van der Waals surface area contributed by atoms with E-state index in [0.29, 0.717) is 17.4 Å². The highest BCUT2D eigenvalue weighted by molar-refractivity contribution is 6.33. The molecular formula is C13H20ClN3O2. The molecule has 0 bridgehead atoms. The third-order valence-corrected chi connectivity index (χ3v) is 2.95. The molecule has 0 unspecified atom stereocenters. The van der Waals surface area contributed by atoms with Gasteiger partial charge in [0, 0.05) is 19.6 Å². The molecule has 0 saturated carbocycles. The van der Waals surface area contributed by atoms with Crippen LogP contribution in [0.25, 0.3) is 0 Å². The molecule has 6 heteroatoms. The van der Waals surface area contributed by atoms with Crippen LogP contribution in [-0.2, 0) is 0 Å². The van der Waals surface area contributed by atoms with E-state index in [2.05, 4.69) is 17.2 Å². The number of aliphatic hydroxyl groups is 1. The molecule has 0 radical (unpaired) electrons. The summed E-state index contributed by atoms with van der Waals surface area (Å²) in [5, 5.41) is 12.4. The van der Waals surface area contributed by atoms with Gasteiger partial charge in [-0.1, -0.05) is 18.5 Å². The van der Waals surface area contributed by atoms with Gasteiger partial charge in [0.05, 0.1) is 11.6 Å². The second-order valence-corrected chi connectivity index (χ2v) is 4.47. The predicted molar refractivity (Wildman–Crippen MR) is 76.7 cm³/mol. The highest BCUT2D eigenvalue weighted by Gasteiger charge is 2.18. The molecule has 5 nitrogen and oxygen atoms in total. The number of amides is 1. The zero-order valence-corrected chi connectivity index (χ0v) is 12.1. The van der Waals surface area contributed by atoms with Crippen molar-refractivity contribution in [3.63, 3.8) is 0 Å². The van der Waals surface area contributed by atoms with Crippen LogP contribution in [0.2, 0.25) is 5.02 Å². The topological polar surface area (TPSA) is 65.5 Å². The maximum absolute atomic E-state index is 12.3. The van der Waals surface area contributed by atoms with Gasteiger partial charge < -0.3 is 15.3 Å². The summed E-state index contributed by atoms with van der Waals surface area (Å²) in [6.07, 6.45) is 0.971. The first-order valence-corrected chi connectivity index (χ1v) is 6.82. The van der Waals surface area contributed by atoms with Crippen molar-refractivity contribution in [2.75, 3.05) is 31.6 Å². The van der Waals surface area contributed by atoms with Gasteiger partial charge in [-0.2, -0.15) is 0 Å². The monoisotopic (exact) mass is 285 g/mol. The van der Waals surface area contributed by atoms with Crippen molar-refractivity contribution in [2.24, 2.45) is 0 Å². The molecule has 0 atom stereocenters. The largest absolute Gasteiger partial charge is 0.395 e. The lowest BCUT2D eigenvalue weighted by Crippen LogP contribution is -2.34. The van der Waals surface area contributed by atoms with Crippen molar-refractivity contribution >= 4 is 23.3 Å². The maximum Gasteiger partial charge on any atom is 0.274 e. The number of nitrogens with zero attached hydrogens (tertiary/aromatic N) is 2. The van der Waals surface area contributed by atoms with E-state index >= 15 is 0 Å². The number of carbonyl (C=O) groups excluding carboxylic acids is 1. The third-order valence-electron chi connectivity index (χ3n) is 2.64. The maximum atomic E-state index is 12.3. The van der Waals surface area contributed by atoms with E-state index in [9.17, 15) is 4.79 Å². The molecule has 0 aliphatic rings. The summed E-state index contributed by atoms with van der Waals surface area (Å²) in [5.74, 6) is 0.372. The molecule has 0 fully saturated rings. The van der Waals surface area contributed by atoms with Crippen LogP contribution in [0, 0.1) is 0 Å². The van der Waals surface area contributed by atoms with Crippen molar-refractivity contribution in [2.45, 2.75) is 20.3 Å². The van der Waals surface area contributed by atoms with Crippen molar-refractivity contribution in [1.82, 2.24) is 9.88 Å². The Morgan fingerprint density at radius 3 is 2.79 bits per heavy atom. The molecule has 19 heavy (non-hydrogen) atoms. The number of hydrogen-bond donors (Lipinski definition) is 2. The zero-order valence-electron chi connectivity index (χ0n) is 11.3. The summed E-state index contributed by atoms with van der Waals surface area (Å²) in [4.78, 5) is 18.0. The summed E-state index contributed by atoms with van der Waals surface area (Å²) < 4.78 is 0. The standard InChI is InChI=1S/C13H20ClN3O2/c1-3-7-15-11-6-5-10(14)12(16-11)13(19)17(4-2)8-9-18/h5-6,18H,3-4,7-9H2,1-2H3,(H,15,16). The fraction of sp³-hybridized carbons (Fsp3) is 0.538. The molecule has 1 amide bonds. The number of hydrogen-bond acceptors (Lipinski definition) is 4. The molecule has 0 spiro atoms. The van der Waals surface area contributed by atoms with Crippen molar-refractivity contribution < 1.29 is 9.90 Å². The van der Waals surface area contributed by atoms with Crippen LogP contribution >= 0.6 is 11.6 Å². The summed E-state index contributed by atoms with van der Waals surface area (Å²) in [6, 6.07) is 3.41. The molecule has 0 aliphatic heterocycles. The van der Waals surface area contributed by atoms with Gasteiger partial charge in [0.25, 0.3) is 5.91 Å². The van der Waals surface area contributed by atoms with E-state index in [-0.39, 0.29) is 24.8 Å². The lowest BCUT2D eigenvalue weighted by atomic mass is 10.3. The lowest BCUT2D eigenvalue weighted by Gasteiger charge is -2.20. The quantitative estimate of drug-likeness (QED) is 0.804. The molecule has 0 saturated heterocycles.